The third kappa shape index (κ3) is 3.12. The van der Waals surface area contributed by atoms with Gasteiger partial charge in [-0.25, -0.2) is 4.98 Å². The van der Waals surface area contributed by atoms with Crippen molar-refractivity contribution in [2.75, 3.05) is 0 Å². The van der Waals surface area contributed by atoms with E-state index in [4.69, 9.17) is 18.0 Å². The smallest absolute Gasteiger partial charge is 0.233 e. The molecule has 0 aromatic carbocycles. The molecule has 0 spiro atoms. The van der Waals surface area contributed by atoms with E-state index in [1.807, 2.05) is 12.3 Å². The summed E-state index contributed by atoms with van der Waals surface area (Å²) in [7, 11) is 0. The summed E-state index contributed by atoms with van der Waals surface area (Å²) >= 11 is 6.73. The van der Waals surface area contributed by atoms with E-state index in [-0.39, 0.29) is 5.91 Å². The van der Waals surface area contributed by atoms with E-state index in [2.05, 4.69) is 10.3 Å². The average molecular weight is 297 g/mol. The molecular weight excluding hydrogens is 278 g/mol. The first kappa shape index (κ1) is 14.4. The van der Waals surface area contributed by atoms with Gasteiger partial charge in [-0.05, 0) is 19.8 Å². The second kappa shape index (κ2) is 5.96. The standard InChI is InChI=1S/C13H19N3OS2/c1-9-16-10(8-19-9)7-15-12(17)13(11(14)18)5-3-2-4-6-13/h8H,2-7H2,1H3,(H2,14,18)(H,15,17). The van der Waals surface area contributed by atoms with Gasteiger partial charge in [0.1, 0.15) is 0 Å². The van der Waals surface area contributed by atoms with Crippen LogP contribution >= 0.6 is 23.6 Å². The first-order valence-electron chi connectivity index (χ1n) is 6.54. The quantitative estimate of drug-likeness (QED) is 0.837. The van der Waals surface area contributed by atoms with Gasteiger partial charge in [0.2, 0.25) is 5.91 Å². The molecule has 0 atom stereocenters. The minimum atomic E-state index is -0.640. The van der Waals surface area contributed by atoms with Crippen molar-refractivity contribution in [2.24, 2.45) is 11.1 Å². The molecule has 4 nitrogen and oxygen atoms in total. The van der Waals surface area contributed by atoms with E-state index in [0.717, 1.165) is 42.8 Å². The molecule has 1 heterocycles. The van der Waals surface area contributed by atoms with Gasteiger partial charge in [0.15, 0.2) is 0 Å². The van der Waals surface area contributed by atoms with E-state index in [0.29, 0.717) is 11.5 Å². The van der Waals surface area contributed by atoms with E-state index < -0.39 is 5.41 Å². The van der Waals surface area contributed by atoms with Crippen LogP contribution in [0.3, 0.4) is 0 Å². The molecule has 1 aromatic heterocycles. The molecule has 0 radical (unpaired) electrons. The molecular formula is C13H19N3OS2. The second-order valence-electron chi connectivity index (χ2n) is 5.05. The number of thiazole rings is 1. The van der Waals surface area contributed by atoms with E-state index >= 15 is 0 Å². The SMILES string of the molecule is Cc1nc(CNC(=O)C2(C(N)=S)CCCCC2)cs1. The fourth-order valence-electron chi connectivity index (χ4n) is 2.57. The summed E-state index contributed by atoms with van der Waals surface area (Å²) in [5.74, 6) is -0.0367. The zero-order valence-electron chi connectivity index (χ0n) is 11.1. The highest BCUT2D eigenvalue weighted by molar-refractivity contribution is 7.80. The van der Waals surface area contributed by atoms with Crippen molar-refractivity contribution in [1.29, 1.82) is 0 Å². The topological polar surface area (TPSA) is 68.0 Å². The number of thiocarbonyl (C=S) groups is 1. The Hall–Kier alpha value is -1.01. The first-order valence-corrected chi connectivity index (χ1v) is 7.82. The van der Waals surface area contributed by atoms with Gasteiger partial charge in [-0.1, -0.05) is 31.5 Å². The predicted octanol–water partition coefficient (Wildman–Crippen LogP) is 2.30. The van der Waals surface area contributed by atoms with Crippen molar-refractivity contribution in [3.8, 4) is 0 Å². The molecule has 19 heavy (non-hydrogen) atoms. The van der Waals surface area contributed by atoms with Crippen LogP contribution in [0.1, 0.15) is 42.8 Å². The Balaban J connectivity index is 2.02. The highest BCUT2D eigenvalue weighted by atomic mass is 32.1. The molecule has 1 saturated carbocycles. The van der Waals surface area contributed by atoms with Crippen LogP contribution in [-0.4, -0.2) is 15.9 Å². The van der Waals surface area contributed by atoms with Crippen LogP contribution in [0.2, 0.25) is 0 Å². The lowest BCUT2D eigenvalue weighted by molar-refractivity contribution is -0.129. The summed E-state index contributed by atoms with van der Waals surface area (Å²) in [6.07, 6.45) is 4.72. The third-order valence-corrected chi connectivity index (χ3v) is 4.92. The number of carbonyl (C=O) groups is 1. The number of carbonyl (C=O) groups excluding carboxylic acids is 1. The Kier molecular flexibility index (Phi) is 4.52. The molecule has 0 saturated heterocycles. The van der Waals surface area contributed by atoms with Crippen LogP contribution < -0.4 is 11.1 Å². The molecule has 0 aliphatic heterocycles. The molecule has 1 aliphatic carbocycles. The Labute approximate surface area is 122 Å². The maximum atomic E-state index is 12.4. The first-order chi connectivity index (χ1) is 9.04. The fraction of sp³-hybridized carbons (Fsp3) is 0.615. The molecule has 6 heteroatoms. The normalized spacial score (nSPS) is 17.9. The lowest BCUT2D eigenvalue weighted by atomic mass is 9.73. The van der Waals surface area contributed by atoms with Gasteiger partial charge in [-0.2, -0.15) is 0 Å². The summed E-state index contributed by atoms with van der Waals surface area (Å²) in [5, 5.41) is 5.91. The van der Waals surface area contributed by atoms with Crippen molar-refractivity contribution in [3.63, 3.8) is 0 Å². The Morgan fingerprint density at radius 3 is 2.74 bits per heavy atom. The molecule has 2 rings (SSSR count). The number of aromatic nitrogens is 1. The summed E-state index contributed by atoms with van der Waals surface area (Å²) in [4.78, 5) is 17.1. The number of nitrogens with two attached hydrogens (primary N) is 1. The summed E-state index contributed by atoms with van der Waals surface area (Å²) in [5.41, 5.74) is 6.09. The van der Waals surface area contributed by atoms with Gasteiger partial charge in [-0.3, -0.25) is 4.79 Å². The predicted molar refractivity (Wildman–Crippen MR) is 81.0 cm³/mol. The number of aryl methyl sites for hydroxylation is 1. The van der Waals surface area contributed by atoms with E-state index in [9.17, 15) is 4.79 Å². The summed E-state index contributed by atoms with van der Waals surface area (Å²) in [6, 6.07) is 0. The van der Waals surface area contributed by atoms with Crippen LogP contribution in [-0.2, 0) is 11.3 Å². The highest BCUT2D eigenvalue weighted by Crippen LogP contribution is 2.37. The number of amides is 1. The average Bonchev–Trinajstić information content (AvgIpc) is 2.82. The Bertz CT molecular complexity index is 478. The molecule has 1 fully saturated rings. The lowest BCUT2D eigenvalue weighted by Gasteiger charge is -2.34. The molecule has 3 N–H and O–H groups in total. The van der Waals surface area contributed by atoms with Crippen LogP contribution in [0.15, 0.2) is 5.38 Å². The summed E-state index contributed by atoms with van der Waals surface area (Å²) in [6.45, 7) is 2.40. The van der Waals surface area contributed by atoms with Crippen molar-refractivity contribution in [3.05, 3.63) is 16.1 Å². The van der Waals surface area contributed by atoms with Gasteiger partial charge >= 0.3 is 0 Å². The highest BCUT2D eigenvalue weighted by Gasteiger charge is 2.42. The third-order valence-electron chi connectivity index (χ3n) is 3.71. The van der Waals surface area contributed by atoms with Crippen molar-refractivity contribution < 1.29 is 4.79 Å². The Morgan fingerprint density at radius 2 is 2.21 bits per heavy atom. The van der Waals surface area contributed by atoms with Crippen molar-refractivity contribution in [1.82, 2.24) is 10.3 Å². The molecule has 1 aliphatic rings. The number of hydrogen-bond acceptors (Lipinski definition) is 4. The lowest BCUT2D eigenvalue weighted by Crippen LogP contribution is -2.49. The zero-order chi connectivity index (χ0) is 13.9. The van der Waals surface area contributed by atoms with E-state index in [1.165, 1.54) is 0 Å². The van der Waals surface area contributed by atoms with Gasteiger partial charge < -0.3 is 11.1 Å². The molecule has 1 aromatic rings. The summed E-state index contributed by atoms with van der Waals surface area (Å²) < 4.78 is 0. The fourth-order valence-corrected chi connectivity index (χ4v) is 3.48. The van der Waals surface area contributed by atoms with Crippen LogP contribution in [0.5, 0.6) is 0 Å². The van der Waals surface area contributed by atoms with Gasteiger partial charge in [0, 0.05) is 5.38 Å². The van der Waals surface area contributed by atoms with Gasteiger partial charge in [-0.15, -0.1) is 11.3 Å². The van der Waals surface area contributed by atoms with Gasteiger partial charge in [0.05, 0.1) is 27.6 Å². The molecule has 104 valence electrons. The maximum Gasteiger partial charge on any atom is 0.233 e. The minimum absolute atomic E-state index is 0.0367. The zero-order valence-corrected chi connectivity index (χ0v) is 12.7. The molecule has 0 unspecified atom stereocenters. The number of hydrogen-bond donors (Lipinski definition) is 2. The number of rotatable bonds is 4. The van der Waals surface area contributed by atoms with Crippen molar-refractivity contribution >= 4 is 34.5 Å². The van der Waals surface area contributed by atoms with Crippen LogP contribution in [0.25, 0.3) is 0 Å². The number of nitrogens with zero attached hydrogens (tertiary/aromatic N) is 1. The molecule has 1 amide bonds. The number of nitrogens with one attached hydrogen (secondary N) is 1. The van der Waals surface area contributed by atoms with Gasteiger partial charge in [0.25, 0.3) is 0 Å². The van der Waals surface area contributed by atoms with E-state index in [1.54, 1.807) is 11.3 Å². The Morgan fingerprint density at radius 1 is 1.53 bits per heavy atom. The largest absolute Gasteiger partial charge is 0.392 e. The van der Waals surface area contributed by atoms with Crippen LogP contribution in [0, 0.1) is 12.3 Å². The maximum absolute atomic E-state index is 12.4. The minimum Gasteiger partial charge on any atom is -0.392 e. The monoisotopic (exact) mass is 297 g/mol. The van der Waals surface area contributed by atoms with Crippen LogP contribution in [0.4, 0.5) is 0 Å². The van der Waals surface area contributed by atoms with Crippen molar-refractivity contribution in [2.45, 2.75) is 45.6 Å². The molecule has 0 bridgehead atoms. The second-order valence-corrected chi connectivity index (χ2v) is 6.55.